The summed E-state index contributed by atoms with van der Waals surface area (Å²) in [6, 6.07) is 8.64. The van der Waals surface area contributed by atoms with E-state index in [-0.39, 0.29) is 0 Å². The zero-order valence-corrected chi connectivity index (χ0v) is 12.6. The summed E-state index contributed by atoms with van der Waals surface area (Å²) < 4.78 is 11.3. The molecule has 0 amide bonds. The lowest BCUT2D eigenvalue weighted by atomic mass is 10.2. The van der Waals surface area contributed by atoms with E-state index in [1.165, 1.54) is 5.69 Å². The second-order valence-corrected chi connectivity index (χ2v) is 5.18. The smallest absolute Gasteiger partial charge is 0.142 e. The average Bonchev–Trinajstić information content (AvgIpc) is 2.69. The van der Waals surface area contributed by atoms with Crippen molar-refractivity contribution < 1.29 is 9.47 Å². The molecule has 1 aromatic rings. The summed E-state index contributed by atoms with van der Waals surface area (Å²) in [6.07, 6.45) is 2.20. The van der Waals surface area contributed by atoms with Gasteiger partial charge in [0.2, 0.25) is 0 Å². The van der Waals surface area contributed by atoms with Crippen molar-refractivity contribution in [3.05, 3.63) is 24.3 Å². The van der Waals surface area contributed by atoms with Crippen LogP contribution in [-0.2, 0) is 4.74 Å². The number of anilines is 1. The standard InChI is InChI=1S/C16H26N2O2/c1-3-9-17-12-14(13-19-2)18-10-6-11-20-16-8-5-4-7-15(16)18/h4-5,7-8,14,17H,3,6,9-13H2,1-2H3. The third-order valence-corrected chi connectivity index (χ3v) is 3.58. The molecule has 0 radical (unpaired) electrons. The van der Waals surface area contributed by atoms with Gasteiger partial charge in [-0.25, -0.2) is 0 Å². The van der Waals surface area contributed by atoms with Crippen LogP contribution >= 0.6 is 0 Å². The second kappa shape index (κ2) is 8.12. The Balaban J connectivity index is 2.14. The highest BCUT2D eigenvalue weighted by Crippen LogP contribution is 2.31. The molecule has 1 unspecified atom stereocenters. The first-order chi connectivity index (χ1) is 9.86. The number of fused-ring (bicyclic) bond motifs is 1. The van der Waals surface area contributed by atoms with Gasteiger partial charge in [0, 0.05) is 20.2 Å². The minimum Gasteiger partial charge on any atom is -0.491 e. The van der Waals surface area contributed by atoms with Gasteiger partial charge < -0.3 is 19.7 Å². The minimum atomic E-state index is 0.342. The molecule has 4 nitrogen and oxygen atoms in total. The van der Waals surface area contributed by atoms with Crippen LogP contribution in [0.1, 0.15) is 19.8 Å². The van der Waals surface area contributed by atoms with Crippen molar-refractivity contribution in [2.75, 3.05) is 44.9 Å². The molecule has 1 aliphatic rings. The van der Waals surface area contributed by atoms with Crippen molar-refractivity contribution in [1.29, 1.82) is 0 Å². The van der Waals surface area contributed by atoms with Gasteiger partial charge in [0.15, 0.2) is 0 Å². The van der Waals surface area contributed by atoms with E-state index in [0.29, 0.717) is 6.04 Å². The van der Waals surface area contributed by atoms with Crippen molar-refractivity contribution in [3.63, 3.8) is 0 Å². The average molecular weight is 278 g/mol. The molecule has 0 bridgehead atoms. The normalized spacial score (nSPS) is 16.2. The number of nitrogens with one attached hydrogen (secondary N) is 1. The van der Waals surface area contributed by atoms with Gasteiger partial charge in [-0.3, -0.25) is 0 Å². The Morgan fingerprint density at radius 3 is 3.05 bits per heavy atom. The van der Waals surface area contributed by atoms with Gasteiger partial charge in [0.1, 0.15) is 5.75 Å². The van der Waals surface area contributed by atoms with Crippen LogP contribution in [0.3, 0.4) is 0 Å². The van der Waals surface area contributed by atoms with Crippen LogP contribution in [0.25, 0.3) is 0 Å². The summed E-state index contributed by atoms with van der Waals surface area (Å²) in [7, 11) is 1.77. The van der Waals surface area contributed by atoms with Gasteiger partial charge in [-0.2, -0.15) is 0 Å². The zero-order valence-electron chi connectivity index (χ0n) is 12.6. The fourth-order valence-electron chi connectivity index (χ4n) is 2.63. The molecule has 1 heterocycles. The van der Waals surface area contributed by atoms with Crippen LogP contribution in [-0.4, -0.2) is 46.0 Å². The molecule has 0 aliphatic carbocycles. The summed E-state index contributed by atoms with van der Waals surface area (Å²) >= 11 is 0. The number of benzene rings is 1. The number of ether oxygens (including phenoxy) is 2. The number of para-hydroxylation sites is 2. The van der Waals surface area contributed by atoms with Crippen LogP contribution in [0, 0.1) is 0 Å². The van der Waals surface area contributed by atoms with Crippen LogP contribution in [0.2, 0.25) is 0 Å². The number of rotatable bonds is 7. The molecule has 1 atom stereocenters. The van der Waals surface area contributed by atoms with E-state index in [1.807, 2.05) is 6.07 Å². The maximum atomic E-state index is 5.83. The quantitative estimate of drug-likeness (QED) is 0.776. The molecule has 0 fully saturated rings. The zero-order chi connectivity index (χ0) is 14.2. The lowest BCUT2D eigenvalue weighted by molar-refractivity contribution is 0.175. The van der Waals surface area contributed by atoms with Gasteiger partial charge >= 0.3 is 0 Å². The van der Waals surface area contributed by atoms with Gasteiger partial charge in [-0.1, -0.05) is 19.1 Å². The topological polar surface area (TPSA) is 33.7 Å². The SMILES string of the molecule is CCCNCC(COC)N1CCCOc2ccccc21. The summed E-state index contributed by atoms with van der Waals surface area (Å²) in [4.78, 5) is 2.43. The van der Waals surface area contributed by atoms with Crippen molar-refractivity contribution in [2.24, 2.45) is 0 Å². The van der Waals surface area contributed by atoms with E-state index < -0.39 is 0 Å². The third kappa shape index (κ3) is 3.87. The highest BCUT2D eigenvalue weighted by atomic mass is 16.5. The Morgan fingerprint density at radius 1 is 1.40 bits per heavy atom. The molecule has 0 aromatic heterocycles. The van der Waals surface area contributed by atoms with E-state index in [0.717, 1.165) is 51.4 Å². The summed E-state index contributed by atoms with van der Waals surface area (Å²) in [5, 5.41) is 3.51. The first-order valence-corrected chi connectivity index (χ1v) is 7.55. The molecule has 112 valence electrons. The molecule has 1 aliphatic heterocycles. The van der Waals surface area contributed by atoms with Gasteiger partial charge in [-0.05, 0) is 31.5 Å². The largest absolute Gasteiger partial charge is 0.491 e. The molecule has 0 spiro atoms. The lowest BCUT2D eigenvalue weighted by Gasteiger charge is -2.33. The molecule has 2 rings (SSSR count). The third-order valence-electron chi connectivity index (χ3n) is 3.58. The minimum absolute atomic E-state index is 0.342. The van der Waals surface area contributed by atoms with Crippen molar-refractivity contribution >= 4 is 5.69 Å². The molecule has 0 saturated carbocycles. The molecule has 20 heavy (non-hydrogen) atoms. The van der Waals surface area contributed by atoms with E-state index in [1.54, 1.807) is 7.11 Å². The van der Waals surface area contributed by atoms with Gasteiger partial charge in [0.05, 0.1) is 24.9 Å². The first-order valence-electron chi connectivity index (χ1n) is 7.55. The summed E-state index contributed by atoms with van der Waals surface area (Å²) in [5.74, 6) is 0.988. The summed E-state index contributed by atoms with van der Waals surface area (Å²) in [6.45, 7) is 6.70. The number of hydrogen-bond acceptors (Lipinski definition) is 4. The monoisotopic (exact) mass is 278 g/mol. The molecule has 4 heteroatoms. The fraction of sp³-hybridized carbons (Fsp3) is 0.625. The molecule has 0 saturated heterocycles. The maximum absolute atomic E-state index is 5.83. The fourth-order valence-corrected chi connectivity index (χ4v) is 2.63. The highest BCUT2D eigenvalue weighted by Gasteiger charge is 2.23. The Bertz CT molecular complexity index is 398. The van der Waals surface area contributed by atoms with Crippen LogP contribution in [0.5, 0.6) is 5.75 Å². The van der Waals surface area contributed by atoms with Crippen LogP contribution in [0.15, 0.2) is 24.3 Å². The summed E-state index contributed by atoms with van der Waals surface area (Å²) in [5.41, 5.74) is 1.19. The Labute approximate surface area is 122 Å². The van der Waals surface area contributed by atoms with Crippen molar-refractivity contribution in [1.82, 2.24) is 5.32 Å². The molecular weight excluding hydrogens is 252 g/mol. The molecule has 1 N–H and O–H groups in total. The lowest BCUT2D eigenvalue weighted by Crippen LogP contribution is -2.46. The van der Waals surface area contributed by atoms with E-state index in [4.69, 9.17) is 9.47 Å². The van der Waals surface area contributed by atoms with Crippen LogP contribution in [0.4, 0.5) is 5.69 Å². The van der Waals surface area contributed by atoms with E-state index >= 15 is 0 Å². The Morgan fingerprint density at radius 2 is 2.25 bits per heavy atom. The van der Waals surface area contributed by atoms with Crippen LogP contribution < -0.4 is 15.0 Å². The predicted octanol–water partition coefficient (Wildman–Crippen LogP) is 2.29. The van der Waals surface area contributed by atoms with Gasteiger partial charge in [0.25, 0.3) is 0 Å². The van der Waals surface area contributed by atoms with E-state index in [9.17, 15) is 0 Å². The van der Waals surface area contributed by atoms with E-state index in [2.05, 4.69) is 35.3 Å². The van der Waals surface area contributed by atoms with Crippen molar-refractivity contribution in [3.8, 4) is 5.75 Å². The maximum Gasteiger partial charge on any atom is 0.142 e. The molecule has 1 aromatic carbocycles. The number of hydrogen-bond donors (Lipinski definition) is 1. The number of methoxy groups -OCH3 is 1. The predicted molar refractivity (Wildman–Crippen MR) is 82.7 cm³/mol. The second-order valence-electron chi connectivity index (χ2n) is 5.18. The highest BCUT2D eigenvalue weighted by molar-refractivity contribution is 5.59. The Hall–Kier alpha value is -1.26. The van der Waals surface area contributed by atoms with Crippen molar-refractivity contribution in [2.45, 2.75) is 25.8 Å². The Kier molecular flexibility index (Phi) is 6.15. The van der Waals surface area contributed by atoms with Gasteiger partial charge in [-0.15, -0.1) is 0 Å². The first kappa shape index (κ1) is 15.1. The molecular formula is C16H26N2O2. The number of nitrogens with zero attached hydrogens (tertiary/aromatic N) is 1.